The summed E-state index contributed by atoms with van der Waals surface area (Å²) in [5.41, 5.74) is 2.43. The molecule has 5 nitrogen and oxygen atoms in total. The van der Waals surface area contributed by atoms with Crippen LogP contribution in [-0.4, -0.2) is 27.4 Å². The Hall–Kier alpha value is -2.54. The second kappa shape index (κ2) is 10.9. The van der Waals surface area contributed by atoms with E-state index in [1.54, 1.807) is 36.4 Å². The Morgan fingerprint density at radius 3 is 2.03 bits per heavy atom. The van der Waals surface area contributed by atoms with Crippen LogP contribution in [0.25, 0.3) is 0 Å². The molecule has 0 atom stereocenters. The summed E-state index contributed by atoms with van der Waals surface area (Å²) < 4.78 is 27.7. The van der Waals surface area contributed by atoms with Gasteiger partial charge in [-0.2, -0.15) is 0 Å². The third-order valence-electron chi connectivity index (χ3n) is 4.89. The summed E-state index contributed by atoms with van der Waals surface area (Å²) in [6.45, 7) is 1.98. The van der Waals surface area contributed by atoms with Crippen molar-refractivity contribution in [3.8, 4) is 0 Å². The Labute approximate surface area is 199 Å². The highest BCUT2D eigenvalue weighted by Crippen LogP contribution is 2.25. The van der Waals surface area contributed by atoms with E-state index >= 15 is 0 Å². The van der Waals surface area contributed by atoms with Crippen molar-refractivity contribution in [2.24, 2.45) is 0 Å². The predicted octanol–water partition coefficient (Wildman–Crippen LogP) is 5.25. The van der Waals surface area contributed by atoms with Gasteiger partial charge in [0.15, 0.2) is 0 Å². The predicted molar refractivity (Wildman–Crippen MR) is 130 cm³/mol. The molecule has 0 unspecified atom stereocenters. The maximum absolute atomic E-state index is 13.3. The maximum Gasteiger partial charge on any atom is 0.264 e. The molecule has 0 heterocycles. The third kappa shape index (κ3) is 6.48. The number of carbonyl (C=O) groups excluding carboxylic acids is 1. The first kappa shape index (κ1) is 24.1. The molecule has 0 aromatic heterocycles. The highest BCUT2D eigenvalue weighted by Gasteiger charge is 2.27. The van der Waals surface area contributed by atoms with Crippen LogP contribution in [0.4, 0.5) is 5.69 Å². The zero-order chi connectivity index (χ0) is 23.1. The normalized spacial score (nSPS) is 11.2. The van der Waals surface area contributed by atoms with Gasteiger partial charge in [0.05, 0.1) is 10.6 Å². The molecule has 3 aromatic carbocycles. The molecule has 1 amide bonds. The number of hydrogen-bond acceptors (Lipinski definition) is 3. The van der Waals surface area contributed by atoms with Gasteiger partial charge in [-0.1, -0.05) is 53.0 Å². The average molecular weight is 491 g/mol. The molecule has 0 spiro atoms. The molecule has 168 valence electrons. The highest BCUT2D eigenvalue weighted by atomic mass is 35.5. The zero-order valence-electron chi connectivity index (χ0n) is 17.6. The van der Waals surface area contributed by atoms with Crippen LogP contribution < -0.4 is 9.62 Å². The summed E-state index contributed by atoms with van der Waals surface area (Å²) in [5.74, 6) is -0.383. The summed E-state index contributed by atoms with van der Waals surface area (Å²) in [6, 6.07) is 20.4. The minimum absolute atomic E-state index is 0.119. The van der Waals surface area contributed by atoms with E-state index in [1.165, 1.54) is 12.1 Å². The molecule has 8 heteroatoms. The number of rotatable bonds is 9. The van der Waals surface area contributed by atoms with Crippen molar-refractivity contribution >= 4 is 44.8 Å². The van der Waals surface area contributed by atoms with Gasteiger partial charge in [-0.3, -0.25) is 9.10 Å². The van der Waals surface area contributed by atoms with Crippen molar-refractivity contribution in [2.45, 2.75) is 24.7 Å². The molecule has 0 aliphatic carbocycles. The molecule has 0 aliphatic rings. The van der Waals surface area contributed by atoms with E-state index in [0.717, 1.165) is 28.3 Å². The highest BCUT2D eigenvalue weighted by molar-refractivity contribution is 7.92. The van der Waals surface area contributed by atoms with E-state index in [2.05, 4.69) is 5.32 Å². The van der Waals surface area contributed by atoms with Crippen LogP contribution in [0.5, 0.6) is 0 Å². The number of aryl methyl sites for hydroxylation is 2. The lowest BCUT2D eigenvalue weighted by Gasteiger charge is -2.24. The summed E-state index contributed by atoms with van der Waals surface area (Å²) in [5, 5.41) is 3.97. The lowest BCUT2D eigenvalue weighted by atomic mass is 10.1. The monoisotopic (exact) mass is 490 g/mol. The van der Waals surface area contributed by atoms with Gasteiger partial charge in [0, 0.05) is 16.6 Å². The van der Waals surface area contributed by atoms with Gasteiger partial charge >= 0.3 is 0 Å². The van der Waals surface area contributed by atoms with Crippen LogP contribution in [0.3, 0.4) is 0 Å². The summed E-state index contributed by atoms with van der Waals surface area (Å²) in [7, 11) is -3.94. The van der Waals surface area contributed by atoms with Gasteiger partial charge in [0.2, 0.25) is 5.91 Å². The van der Waals surface area contributed by atoms with Crippen LogP contribution in [0, 0.1) is 6.92 Å². The Morgan fingerprint density at radius 1 is 0.875 bits per heavy atom. The SMILES string of the molecule is Cc1ccc(S(=O)(=O)N(CC(=O)NCCCc2ccc(Cl)cc2)c2ccc(Cl)cc2)cc1. The van der Waals surface area contributed by atoms with Gasteiger partial charge in [-0.05, 0) is 73.9 Å². The van der Waals surface area contributed by atoms with Crippen molar-refractivity contribution in [3.63, 3.8) is 0 Å². The number of nitrogens with zero attached hydrogens (tertiary/aromatic N) is 1. The van der Waals surface area contributed by atoms with Gasteiger partial charge < -0.3 is 5.32 Å². The number of nitrogens with one attached hydrogen (secondary N) is 1. The van der Waals surface area contributed by atoms with Crippen molar-refractivity contribution in [2.75, 3.05) is 17.4 Å². The number of benzene rings is 3. The topological polar surface area (TPSA) is 66.5 Å². The number of amides is 1. The average Bonchev–Trinajstić information content (AvgIpc) is 2.77. The van der Waals surface area contributed by atoms with E-state index in [-0.39, 0.29) is 17.3 Å². The van der Waals surface area contributed by atoms with E-state index in [9.17, 15) is 13.2 Å². The van der Waals surface area contributed by atoms with Crippen molar-refractivity contribution in [1.82, 2.24) is 5.32 Å². The van der Waals surface area contributed by atoms with Gasteiger partial charge in [0.1, 0.15) is 6.54 Å². The molecule has 0 aliphatic heterocycles. The minimum atomic E-state index is -3.94. The Kier molecular flexibility index (Phi) is 8.18. The first-order chi connectivity index (χ1) is 15.3. The minimum Gasteiger partial charge on any atom is -0.355 e. The number of sulfonamides is 1. The second-order valence-electron chi connectivity index (χ2n) is 7.38. The molecule has 3 rings (SSSR count). The molecular formula is C24H24Cl2N2O3S. The van der Waals surface area contributed by atoms with Crippen LogP contribution >= 0.6 is 23.2 Å². The Balaban J connectivity index is 1.69. The second-order valence-corrected chi connectivity index (χ2v) is 10.1. The molecular weight excluding hydrogens is 467 g/mol. The number of anilines is 1. The van der Waals surface area contributed by atoms with E-state index in [0.29, 0.717) is 22.3 Å². The standard InChI is InChI=1S/C24H24Cl2N2O3S/c1-18-4-14-23(15-5-18)32(30,31)28(22-12-10-21(26)11-13-22)17-24(29)27-16-2-3-19-6-8-20(25)9-7-19/h4-15H,2-3,16-17H2,1H3,(H,27,29). The molecule has 32 heavy (non-hydrogen) atoms. The van der Waals surface area contributed by atoms with Crippen molar-refractivity contribution < 1.29 is 13.2 Å². The molecule has 0 saturated heterocycles. The summed E-state index contributed by atoms with van der Waals surface area (Å²) >= 11 is 11.9. The smallest absolute Gasteiger partial charge is 0.264 e. The van der Waals surface area contributed by atoms with E-state index < -0.39 is 10.0 Å². The largest absolute Gasteiger partial charge is 0.355 e. The molecule has 1 N–H and O–H groups in total. The van der Waals surface area contributed by atoms with Crippen LogP contribution in [0.2, 0.25) is 10.0 Å². The van der Waals surface area contributed by atoms with Gasteiger partial charge in [-0.25, -0.2) is 8.42 Å². The summed E-state index contributed by atoms with van der Waals surface area (Å²) in [6.07, 6.45) is 1.50. The number of hydrogen-bond donors (Lipinski definition) is 1. The van der Waals surface area contributed by atoms with Gasteiger partial charge in [0.25, 0.3) is 10.0 Å². The lowest BCUT2D eigenvalue weighted by molar-refractivity contribution is -0.119. The van der Waals surface area contributed by atoms with Crippen LogP contribution in [0.1, 0.15) is 17.5 Å². The fourth-order valence-electron chi connectivity index (χ4n) is 3.12. The Morgan fingerprint density at radius 2 is 1.44 bits per heavy atom. The summed E-state index contributed by atoms with van der Waals surface area (Å²) in [4.78, 5) is 12.7. The van der Waals surface area contributed by atoms with E-state index in [1.807, 2.05) is 31.2 Å². The molecule has 3 aromatic rings. The van der Waals surface area contributed by atoms with Crippen LogP contribution in [0.15, 0.2) is 77.7 Å². The number of halogens is 2. The van der Waals surface area contributed by atoms with Crippen molar-refractivity contribution in [3.05, 3.63) is 94.0 Å². The molecule has 0 bridgehead atoms. The molecule has 0 radical (unpaired) electrons. The first-order valence-corrected chi connectivity index (χ1v) is 12.3. The zero-order valence-corrected chi connectivity index (χ0v) is 19.9. The Bertz CT molecular complexity index is 1150. The first-order valence-electron chi connectivity index (χ1n) is 10.1. The fraction of sp³-hybridized carbons (Fsp3) is 0.208. The quantitative estimate of drug-likeness (QED) is 0.416. The van der Waals surface area contributed by atoms with Gasteiger partial charge in [-0.15, -0.1) is 0 Å². The van der Waals surface area contributed by atoms with E-state index in [4.69, 9.17) is 23.2 Å². The van der Waals surface area contributed by atoms with Crippen LogP contribution in [-0.2, 0) is 21.2 Å². The third-order valence-corrected chi connectivity index (χ3v) is 7.18. The fourth-order valence-corrected chi connectivity index (χ4v) is 4.79. The molecule has 0 fully saturated rings. The number of carbonyl (C=O) groups is 1. The maximum atomic E-state index is 13.3. The van der Waals surface area contributed by atoms with Crippen molar-refractivity contribution in [1.29, 1.82) is 0 Å². The lowest BCUT2D eigenvalue weighted by Crippen LogP contribution is -2.41. The molecule has 0 saturated carbocycles.